The van der Waals surface area contributed by atoms with Gasteiger partial charge in [0.25, 0.3) is 11.6 Å². The van der Waals surface area contributed by atoms with Crippen molar-refractivity contribution >= 4 is 23.5 Å². The fourth-order valence-corrected chi connectivity index (χ4v) is 3.13. The normalized spacial score (nSPS) is 14.9. The number of non-ortho nitro benzene ring substituents is 1. The first-order valence-corrected chi connectivity index (χ1v) is 10.1. The van der Waals surface area contributed by atoms with Crippen LogP contribution in [0.1, 0.15) is 17.5 Å². The number of oxime groups is 1. The van der Waals surface area contributed by atoms with Crippen molar-refractivity contribution in [2.75, 3.05) is 34.5 Å². The largest absolute Gasteiger partial charge is 0.493 e. The molecule has 1 amide bonds. The number of ether oxygens (including phenoxy) is 4. The minimum atomic E-state index is -0.465. The van der Waals surface area contributed by atoms with Gasteiger partial charge < -0.3 is 23.8 Å². The molecular formula is C22H24N4O8. The first-order valence-electron chi connectivity index (χ1n) is 10.1. The molecule has 1 aliphatic rings. The van der Waals surface area contributed by atoms with E-state index in [1.165, 1.54) is 39.7 Å². The highest BCUT2D eigenvalue weighted by molar-refractivity contribution is 6.01. The maximum absolute atomic E-state index is 12.0. The second-order valence-corrected chi connectivity index (χ2v) is 7.04. The molecule has 1 atom stereocenters. The number of nitrogens with zero attached hydrogens (tertiary/aromatic N) is 3. The van der Waals surface area contributed by atoms with Gasteiger partial charge in [-0.1, -0.05) is 5.16 Å². The number of nitro groups is 1. The molecule has 0 aliphatic carbocycles. The minimum Gasteiger partial charge on any atom is -0.493 e. The summed E-state index contributed by atoms with van der Waals surface area (Å²) in [6, 6.07) is 9.42. The number of hydrazone groups is 1. The van der Waals surface area contributed by atoms with Gasteiger partial charge in [-0.25, -0.2) is 5.43 Å². The highest BCUT2D eigenvalue weighted by Gasteiger charge is 2.23. The van der Waals surface area contributed by atoms with Gasteiger partial charge in [0.2, 0.25) is 5.75 Å². The van der Waals surface area contributed by atoms with Gasteiger partial charge in [0.05, 0.1) is 44.8 Å². The molecule has 1 unspecified atom stereocenters. The molecule has 1 heterocycles. The molecule has 1 N–H and O–H groups in total. The van der Waals surface area contributed by atoms with Crippen molar-refractivity contribution < 1.29 is 33.5 Å². The van der Waals surface area contributed by atoms with Crippen LogP contribution in [-0.2, 0) is 14.4 Å². The number of rotatable bonds is 11. The molecule has 2 aromatic rings. The average molecular weight is 472 g/mol. The number of benzene rings is 2. The third kappa shape index (κ3) is 6.19. The first kappa shape index (κ1) is 24.5. The second-order valence-electron chi connectivity index (χ2n) is 7.04. The van der Waals surface area contributed by atoms with E-state index >= 15 is 0 Å². The molecule has 12 heteroatoms. The quantitative estimate of drug-likeness (QED) is 0.298. The van der Waals surface area contributed by atoms with E-state index < -0.39 is 10.8 Å². The molecule has 34 heavy (non-hydrogen) atoms. The molecule has 0 bridgehead atoms. The lowest BCUT2D eigenvalue weighted by atomic mass is 10.1. The van der Waals surface area contributed by atoms with Crippen molar-refractivity contribution in [3.63, 3.8) is 0 Å². The van der Waals surface area contributed by atoms with Crippen LogP contribution in [0.4, 0.5) is 5.69 Å². The van der Waals surface area contributed by atoms with Crippen LogP contribution in [0.15, 0.2) is 46.7 Å². The summed E-state index contributed by atoms with van der Waals surface area (Å²) in [5, 5.41) is 18.7. The molecule has 0 radical (unpaired) electrons. The monoisotopic (exact) mass is 472 g/mol. The Morgan fingerprint density at radius 1 is 1.21 bits per heavy atom. The minimum absolute atomic E-state index is 0.00193. The number of nitro benzene ring substituents is 1. The van der Waals surface area contributed by atoms with Gasteiger partial charge in [-0.3, -0.25) is 14.9 Å². The summed E-state index contributed by atoms with van der Waals surface area (Å²) in [6.07, 6.45) is 1.53. The number of methoxy groups -OCH3 is 3. The van der Waals surface area contributed by atoms with Crippen LogP contribution in [-0.4, -0.2) is 63.4 Å². The van der Waals surface area contributed by atoms with E-state index in [0.29, 0.717) is 34.9 Å². The van der Waals surface area contributed by atoms with Crippen molar-refractivity contribution in [3.8, 4) is 17.2 Å². The predicted molar refractivity (Wildman–Crippen MR) is 122 cm³/mol. The van der Waals surface area contributed by atoms with Gasteiger partial charge >= 0.3 is 0 Å². The average Bonchev–Trinajstić information content (AvgIpc) is 3.32. The van der Waals surface area contributed by atoms with Crippen LogP contribution in [0.25, 0.3) is 0 Å². The molecule has 180 valence electrons. The molecule has 0 fully saturated rings. The van der Waals surface area contributed by atoms with Gasteiger partial charge in [0.1, 0.15) is 6.61 Å². The Kier molecular flexibility index (Phi) is 8.35. The van der Waals surface area contributed by atoms with E-state index in [0.717, 1.165) is 5.56 Å². The maximum atomic E-state index is 12.0. The van der Waals surface area contributed by atoms with Gasteiger partial charge in [0, 0.05) is 24.1 Å². The molecule has 0 spiro atoms. The van der Waals surface area contributed by atoms with Crippen molar-refractivity contribution in [1.29, 1.82) is 0 Å². The Morgan fingerprint density at radius 2 is 1.88 bits per heavy atom. The first-order chi connectivity index (χ1) is 16.4. The third-order valence-electron chi connectivity index (χ3n) is 4.77. The van der Waals surface area contributed by atoms with Crippen LogP contribution >= 0.6 is 0 Å². The van der Waals surface area contributed by atoms with E-state index in [9.17, 15) is 14.9 Å². The zero-order chi connectivity index (χ0) is 24.5. The van der Waals surface area contributed by atoms with E-state index in [1.54, 1.807) is 24.3 Å². The second kappa shape index (κ2) is 11.6. The topological polar surface area (TPSA) is 143 Å². The molecule has 2 aromatic carbocycles. The van der Waals surface area contributed by atoms with Gasteiger partial charge in [-0.2, -0.15) is 5.10 Å². The van der Waals surface area contributed by atoms with Crippen molar-refractivity contribution in [2.24, 2.45) is 10.3 Å². The summed E-state index contributed by atoms with van der Waals surface area (Å²) in [5.74, 6) is 0.933. The van der Waals surface area contributed by atoms with Crippen molar-refractivity contribution in [2.45, 2.75) is 12.5 Å². The lowest BCUT2D eigenvalue weighted by Crippen LogP contribution is -2.26. The number of hydrogen-bond donors (Lipinski definition) is 1. The summed E-state index contributed by atoms with van der Waals surface area (Å²) < 4.78 is 21.2. The van der Waals surface area contributed by atoms with Crippen molar-refractivity contribution in [3.05, 3.63) is 57.6 Å². The van der Waals surface area contributed by atoms with Crippen LogP contribution in [0.5, 0.6) is 17.2 Å². The highest BCUT2D eigenvalue weighted by Crippen LogP contribution is 2.37. The summed E-state index contributed by atoms with van der Waals surface area (Å²) in [6.45, 7) is -0.0800. The number of nitrogens with one attached hydrogen (secondary N) is 1. The molecule has 0 aromatic heterocycles. The van der Waals surface area contributed by atoms with E-state index in [4.69, 9.17) is 23.8 Å². The summed E-state index contributed by atoms with van der Waals surface area (Å²) >= 11 is 0. The summed E-state index contributed by atoms with van der Waals surface area (Å²) in [4.78, 5) is 27.6. The lowest BCUT2D eigenvalue weighted by Gasteiger charge is -2.12. The van der Waals surface area contributed by atoms with Crippen LogP contribution < -0.4 is 19.6 Å². The zero-order valence-corrected chi connectivity index (χ0v) is 18.8. The molecule has 1 aliphatic heterocycles. The summed E-state index contributed by atoms with van der Waals surface area (Å²) in [7, 11) is 4.52. The fraction of sp³-hybridized carbons (Fsp3) is 0.318. The van der Waals surface area contributed by atoms with E-state index in [2.05, 4.69) is 15.7 Å². The SMILES string of the molecule is COc1cc(/C=N/NC(=O)COCC2CC(c3ccc([N+](=O)[O-])cc3)=NO2)cc(OC)c1OC. The Labute approximate surface area is 195 Å². The Bertz CT molecular complexity index is 1060. The molecule has 0 saturated carbocycles. The lowest BCUT2D eigenvalue weighted by molar-refractivity contribution is -0.384. The number of amides is 1. The standard InChI is InChI=1S/C22H24N4O8/c1-30-19-8-14(9-20(31-2)22(19)32-3)11-23-24-21(27)13-33-12-17-10-18(25-34-17)15-4-6-16(7-5-15)26(28)29/h4-9,11,17H,10,12-13H2,1-3H3,(H,24,27)/b23-11+. The Morgan fingerprint density at radius 3 is 2.47 bits per heavy atom. The number of hydrogen-bond acceptors (Lipinski definition) is 10. The predicted octanol–water partition coefficient (Wildman–Crippen LogP) is 2.28. The van der Waals surface area contributed by atoms with E-state index in [1.807, 2.05) is 0 Å². The molecular weight excluding hydrogens is 448 g/mol. The van der Waals surface area contributed by atoms with E-state index in [-0.39, 0.29) is 25.0 Å². The Hall–Kier alpha value is -4.19. The van der Waals surface area contributed by atoms with Crippen LogP contribution in [0.2, 0.25) is 0 Å². The molecule has 12 nitrogen and oxygen atoms in total. The Balaban J connectivity index is 1.42. The number of carbonyl (C=O) groups excluding carboxylic acids is 1. The zero-order valence-electron chi connectivity index (χ0n) is 18.8. The van der Waals surface area contributed by atoms with Crippen LogP contribution in [0.3, 0.4) is 0 Å². The van der Waals surface area contributed by atoms with Gasteiger partial charge in [-0.15, -0.1) is 0 Å². The molecule has 3 rings (SSSR count). The van der Waals surface area contributed by atoms with Gasteiger partial charge in [-0.05, 0) is 29.8 Å². The van der Waals surface area contributed by atoms with Crippen LogP contribution in [0, 0.1) is 10.1 Å². The third-order valence-corrected chi connectivity index (χ3v) is 4.77. The fourth-order valence-electron chi connectivity index (χ4n) is 3.13. The smallest absolute Gasteiger partial charge is 0.269 e. The number of carbonyl (C=O) groups is 1. The summed E-state index contributed by atoms with van der Waals surface area (Å²) in [5.41, 5.74) is 4.39. The maximum Gasteiger partial charge on any atom is 0.269 e. The van der Waals surface area contributed by atoms with Crippen molar-refractivity contribution in [1.82, 2.24) is 5.43 Å². The van der Waals surface area contributed by atoms with Gasteiger partial charge in [0.15, 0.2) is 17.6 Å². The highest BCUT2D eigenvalue weighted by atomic mass is 16.7. The molecule has 0 saturated heterocycles.